The molecule has 0 atom stereocenters. The average molecular weight is 326 g/mol. The third kappa shape index (κ3) is 3.10. The molecule has 4 rings (SSSR count). The van der Waals surface area contributed by atoms with Crippen molar-refractivity contribution >= 4 is 5.69 Å². The van der Waals surface area contributed by atoms with Gasteiger partial charge in [0, 0.05) is 50.4 Å². The number of hydrogen-bond acceptors (Lipinski definition) is 2. The van der Waals surface area contributed by atoms with Gasteiger partial charge >= 0.3 is 0 Å². The second kappa shape index (κ2) is 6.08. The summed E-state index contributed by atoms with van der Waals surface area (Å²) in [7, 11) is 0. The first-order chi connectivity index (χ1) is 11.6. The molecule has 0 amide bonds. The normalized spacial score (nSPS) is 20.1. The number of piperidine rings is 1. The summed E-state index contributed by atoms with van der Waals surface area (Å²) >= 11 is 0. The Labute approximate surface area is 141 Å². The fourth-order valence-corrected chi connectivity index (χ4v) is 3.57. The van der Waals surface area contributed by atoms with Gasteiger partial charge < -0.3 is 9.47 Å². The lowest BCUT2D eigenvalue weighted by molar-refractivity contribution is 0.125. The zero-order chi connectivity index (χ0) is 16.6. The van der Waals surface area contributed by atoms with Crippen molar-refractivity contribution < 1.29 is 4.39 Å². The average Bonchev–Trinajstić information content (AvgIpc) is 3.42. The van der Waals surface area contributed by atoms with Gasteiger partial charge in [0.2, 0.25) is 0 Å². The Morgan fingerprint density at radius 3 is 2.42 bits per heavy atom. The number of pyridine rings is 1. The molecule has 0 spiro atoms. The molecule has 0 bridgehead atoms. The van der Waals surface area contributed by atoms with Crippen LogP contribution in [0.1, 0.15) is 31.2 Å². The topological polar surface area (TPSA) is 25.2 Å². The fraction of sp³-hybridized carbons (Fsp3) is 0.450. The first kappa shape index (κ1) is 15.4. The Kier molecular flexibility index (Phi) is 3.91. The molecule has 0 radical (unpaired) electrons. The molecular weight excluding hydrogens is 303 g/mol. The fourth-order valence-electron chi connectivity index (χ4n) is 3.57. The second-order valence-electron chi connectivity index (χ2n) is 7.14. The molecule has 2 aromatic rings. The van der Waals surface area contributed by atoms with Crippen LogP contribution >= 0.6 is 0 Å². The summed E-state index contributed by atoms with van der Waals surface area (Å²) in [5.41, 5.74) is 0.491. The largest absolute Gasteiger partial charge is 0.371 e. The van der Waals surface area contributed by atoms with Crippen LogP contribution < -0.4 is 10.5 Å². The van der Waals surface area contributed by atoms with Crippen LogP contribution in [0, 0.1) is 5.92 Å². The van der Waals surface area contributed by atoms with Crippen LogP contribution in [-0.4, -0.2) is 17.7 Å². The molecule has 2 heterocycles. The summed E-state index contributed by atoms with van der Waals surface area (Å²) in [5.74, 6) is 0.682. The van der Waals surface area contributed by atoms with Crippen molar-refractivity contribution in [1.82, 2.24) is 4.57 Å². The molecule has 2 aliphatic rings. The Hall–Kier alpha value is -2.10. The number of nitrogens with zero attached hydrogens (tertiary/aromatic N) is 2. The summed E-state index contributed by atoms with van der Waals surface area (Å²) in [5, 5.41) is 0. The maximum atomic E-state index is 15.2. The summed E-state index contributed by atoms with van der Waals surface area (Å²) in [6, 6.07) is 13.1. The highest BCUT2D eigenvalue weighted by atomic mass is 19.1. The number of alkyl halides is 1. The third-order valence-electron chi connectivity index (χ3n) is 5.34. The molecule has 126 valence electrons. The van der Waals surface area contributed by atoms with E-state index in [4.69, 9.17) is 0 Å². The lowest BCUT2D eigenvalue weighted by Gasteiger charge is -2.38. The number of halogens is 1. The van der Waals surface area contributed by atoms with Gasteiger partial charge in [-0.05, 0) is 30.4 Å². The zero-order valence-electron chi connectivity index (χ0n) is 13.8. The standard InChI is InChI=1S/C20H23FN2O/c21-20(17-4-2-1-3-5-17)9-12-22(13-10-20)18-8-11-23(19(24)14-18)15-16-6-7-16/h1-5,8,11,14,16H,6-7,9-10,12-13,15H2. The van der Waals surface area contributed by atoms with E-state index in [1.165, 1.54) is 12.8 Å². The van der Waals surface area contributed by atoms with Crippen molar-refractivity contribution in [3.63, 3.8) is 0 Å². The van der Waals surface area contributed by atoms with E-state index in [2.05, 4.69) is 4.90 Å². The van der Waals surface area contributed by atoms with Crippen LogP contribution in [0.5, 0.6) is 0 Å². The Balaban J connectivity index is 1.45. The Morgan fingerprint density at radius 1 is 1.08 bits per heavy atom. The first-order valence-electron chi connectivity index (χ1n) is 8.84. The SMILES string of the molecule is O=c1cc(N2CCC(F)(c3ccccc3)CC2)ccn1CC1CC1. The Morgan fingerprint density at radius 2 is 1.79 bits per heavy atom. The third-order valence-corrected chi connectivity index (χ3v) is 5.34. The van der Waals surface area contributed by atoms with Gasteiger partial charge in [0.1, 0.15) is 5.67 Å². The molecular formula is C20H23FN2O. The van der Waals surface area contributed by atoms with Gasteiger partial charge in [0.15, 0.2) is 0 Å². The minimum Gasteiger partial charge on any atom is -0.371 e. The van der Waals surface area contributed by atoms with E-state index in [-0.39, 0.29) is 5.56 Å². The van der Waals surface area contributed by atoms with E-state index in [9.17, 15) is 4.79 Å². The molecule has 0 unspecified atom stereocenters. The van der Waals surface area contributed by atoms with E-state index in [1.54, 1.807) is 10.6 Å². The van der Waals surface area contributed by atoms with Crippen molar-refractivity contribution in [1.29, 1.82) is 0 Å². The van der Waals surface area contributed by atoms with Crippen molar-refractivity contribution in [2.45, 2.75) is 37.9 Å². The van der Waals surface area contributed by atoms with E-state index < -0.39 is 5.67 Å². The van der Waals surface area contributed by atoms with Crippen LogP contribution in [-0.2, 0) is 12.2 Å². The lowest BCUT2D eigenvalue weighted by Crippen LogP contribution is -2.40. The maximum absolute atomic E-state index is 15.2. The molecule has 2 fully saturated rings. The van der Waals surface area contributed by atoms with Gasteiger partial charge in [-0.3, -0.25) is 4.79 Å². The monoisotopic (exact) mass is 326 g/mol. The van der Waals surface area contributed by atoms with E-state index in [0.717, 1.165) is 17.8 Å². The minimum absolute atomic E-state index is 0.0551. The van der Waals surface area contributed by atoms with Crippen LogP contribution in [0.15, 0.2) is 53.5 Å². The molecule has 3 nitrogen and oxygen atoms in total. The predicted molar refractivity (Wildman–Crippen MR) is 94.1 cm³/mol. The molecule has 1 aromatic carbocycles. The lowest BCUT2D eigenvalue weighted by atomic mass is 9.86. The van der Waals surface area contributed by atoms with E-state index in [1.807, 2.05) is 42.6 Å². The smallest absolute Gasteiger partial charge is 0.252 e. The number of hydrogen-bond donors (Lipinski definition) is 0. The highest BCUT2D eigenvalue weighted by Crippen LogP contribution is 2.38. The van der Waals surface area contributed by atoms with Crippen LogP contribution in [0.4, 0.5) is 10.1 Å². The molecule has 1 saturated heterocycles. The predicted octanol–water partition coefficient (Wildman–Crippen LogP) is 3.72. The summed E-state index contributed by atoms with van der Waals surface area (Å²) < 4.78 is 17.0. The van der Waals surface area contributed by atoms with Gasteiger partial charge in [-0.15, -0.1) is 0 Å². The van der Waals surface area contributed by atoms with Gasteiger partial charge in [-0.1, -0.05) is 30.3 Å². The quantitative estimate of drug-likeness (QED) is 0.855. The molecule has 1 saturated carbocycles. The van der Waals surface area contributed by atoms with Gasteiger partial charge in [-0.25, -0.2) is 4.39 Å². The van der Waals surface area contributed by atoms with Gasteiger partial charge in [0.25, 0.3) is 5.56 Å². The zero-order valence-corrected chi connectivity index (χ0v) is 13.8. The Bertz CT molecular complexity index is 759. The molecule has 4 heteroatoms. The highest BCUT2D eigenvalue weighted by molar-refractivity contribution is 5.46. The van der Waals surface area contributed by atoms with Crippen molar-refractivity contribution in [3.8, 4) is 0 Å². The molecule has 1 aromatic heterocycles. The van der Waals surface area contributed by atoms with E-state index >= 15 is 4.39 Å². The maximum Gasteiger partial charge on any atom is 0.252 e. The molecule has 1 aliphatic heterocycles. The number of rotatable bonds is 4. The van der Waals surface area contributed by atoms with Crippen molar-refractivity contribution in [2.75, 3.05) is 18.0 Å². The summed E-state index contributed by atoms with van der Waals surface area (Å²) in [4.78, 5) is 14.4. The molecule has 24 heavy (non-hydrogen) atoms. The number of aromatic nitrogens is 1. The van der Waals surface area contributed by atoms with Crippen molar-refractivity contribution in [2.24, 2.45) is 5.92 Å². The van der Waals surface area contributed by atoms with Crippen LogP contribution in [0.2, 0.25) is 0 Å². The molecule has 0 N–H and O–H groups in total. The van der Waals surface area contributed by atoms with Gasteiger partial charge in [0.05, 0.1) is 0 Å². The summed E-state index contributed by atoms with van der Waals surface area (Å²) in [6.45, 7) is 2.11. The minimum atomic E-state index is -1.25. The van der Waals surface area contributed by atoms with Crippen molar-refractivity contribution in [3.05, 3.63) is 64.6 Å². The second-order valence-corrected chi connectivity index (χ2v) is 7.14. The van der Waals surface area contributed by atoms with Gasteiger partial charge in [-0.2, -0.15) is 0 Å². The van der Waals surface area contributed by atoms with E-state index in [0.29, 0.717) is 31.8 Å². The number of benzene rings is 1. The van der Waals surface area contributed by atoms with Crippen LogP contribution in [0.25, 0.3) is 0 Å². The highest BCUT2D eigenvalue weighted by Gasteiger charge is 2.36. The first-order valence-corrected chi connectivity index (χ1v) is 8.84. The summed E-state index contributed by atoms with van der Waals surface area (Å²) in [6.07, 6.45) is 5.28. The van der Waals surface area contributed by atoms with Crippen LogP contribution in [0.3, 0.4) is 0 Å². The number of anilines is 1. The molecule has 1 aliphatic carbocycles.